The second kappa shape index (κ2) is 6.95. The molecule has 0 saturated carbocycles. The molecule has 0 aliphatic carbocycles. The van der Waals surface area contributed by atoms with Crippen molar-refractivity contribution in [3.8, 4) is 0 Å². The zero-order valence-electron chi connectivity index (χ0n) is 16.1. The topological polar surface area (TPSA) is 90.4 Å². The van der Waals surface area contributed by atoms with Gasteiger partial charge in [-0.2, -0.15) is 0 Å². The number of nitrogens with zero attached hydrogens (tertiary/aromatic N) is 3. The van der Waals surface area contributed by atoms with E-state index in [1.807, 2.05) is 11.8 Å². The van der Waals surface area contributed by atoms with Crippen molar-refractivity contribution in [2.45, 2.75) is 37.6 Å². The molecule has 0 aromatic heterocycles. The number of aliphatic hydroxyl groups is 1. The van der Waals surface area contributed by atoms with Crippen LogP contribution in [0.25, 0.3) is 0 Å². The van der Waals surface area contributed by atoms with Gasteiger partial charge in [-0.15, -0.1) is 0 Å². The lowest BCUT2D eigenvalue weighted by Gasteiger charge is -2.58. The lowest BCUT2D eigenvalue weighted by Crippen LogP contribution is -2.81. The number of piperazine rings is 1. The van der Waals surface area contributed by atoms with Crippen LogP contribution in [0.4, 0.5) is 0 Å². The number of imide groups is 1. The quantitative estimate of drug-likeness (QED) is 0.568. The minimum absolute atomic E-state index is 0.160. The number of esters is 1. The lowest BCUT2D eigenvalue weighted by atomic mass is 9.82. The number of amides is 2. The number of likely N-dealkylation sites (tertiary alicyclic amines) is 1. The molecule has 1 N–H and O–H groups in total. The SMILES string of the molecule is CCN1CC2(C1)C(=O)N(Cc1ccc(C(=O)OC)cc1)C(=O)[C@@H]1C[C@@H](O)CN12. The number of carbonyl (C=O) groups excluding carboxylic acids is 3. The van der Waals surface area contributed by atoms with Crippen molar-refractivity contribution in [1.82, 2.24) is 14.7 Å². The normalized spacial score (nSPS) is 27.0. The number of rotatable bonds is 4. The summed E-state index contributed by atoms with van der Waals surface area (Å²) < 4.78 is 4.70. The number of aliphatic hydroxyl groups excluding tert-OH is 1. The summed E-state index contributed by atoms with van der Waals surface area (Å²) in [6.45, 7) is 4.57. The third-order valence-electron chi connectivity index (χ3n) is 6.16. The molecule has 1 spiro atoms. The van der Waals surface area contributed by atoms with E-state index in [-0.39, 0.29) is 18.4 Å². The van der Waals surface area contributed by atoms with Crippen molar-refractivity contribution in [2.75, 3.05) is 33.3 Å². The van der Waals surface area contributed by atoms with Gasteiger partial charge < -0.3 is 9.84 Å². The van der Waals surface area contributed by atoms with Gasteiger partial charge in [0.05, 0.1) is 31.4 Å². The van der Waals surface area contributed by atoms with Gasteiger partial charge in [-0.05, 0) is 30.7 Å². The first kappa shape index (κ1) is 19.0. The van der Waals surface area contributed by atoms with Crippen LogP contribution in [0.2, 0.25) is 0 Å². The first-order chi connectivity index (χ1) is 13.4. The van der Waals surface area contributed by atoms with Crippen molar-refractivity contribution in [3.05, 3.63) is 35.4 Å². The molecule has 0 bridgehead atoms. The van der Waals surface area contributed by atoms with Gasteiger partial charge in [-0.25, -0.2) is 4.79 Å². The largest absolute Gasteiger partial charge is 0.465 e. The molecule has 8 heteroatoms. The molecule has 3 aliphatic rings. The van der Waals surface area contributed by atoms with E-state index in [0.29, 0.717) is 31.6 Å². The molecule has 3 fully saturated rings. The summed E-state index contributed by atoms with van der Waals surface area (Å²) in [5.74, 6) is -0.871. The molecule has 1 aromatic rings. The molecule has 8 nitrogen and oxygen atoms in total. The standard InChI is InChI=1S/C20H25N3O5/c1-3-21-11-20(12-21)19(27)22(17(25)16-8-15(24)10-23(16)20)9-13-4-6-14(7-5-13)18(26)28-2/h4-7,15-16,24H,3,8-12H2,1-2H3/t15-,16+/m1/s1. The second-order valence-corrected chi connectivity index (χ2v) is 7.81. The van der Waals surface area contributed by atoms with E-state index in [0.717, 1.165) is 12.1 Å². The van der Waals surface area contributed by atoms with Crippen LogP contribution in [0, 0.1) is 0 Å². The number of methoxy groups -OCH3 is 1. The van der Waals surface area contributed by atoms with Gasteiger partial charge in [-0.1, -0.05) is 19.1 Å². The zero-order valence-corrected chi connectivity index (χ0v) is 16.1. The van der Waals surface area contributed by atoms with E-state index in [1.165, 1.54) is 12.0 Å². The molecule has 150 valence electrons. The molecule has 28 heavy (non-hydrogen) atoms. The van der Waals surface area contributed by atoms with Crippen molar-refractivity contribution in [3.63, 3.8) is 0 Å². The van der Waals surface area contributed by atoms with E-state index < -0.39 is 23.7 Å². The van der Waals surface area contributed by atoms with E-state index in [1.54, 1.807) is 24.3 Å². The molecule has 2 atom stereocenters. The predicted octanol–water partition coefficient (Wildman–Crippen LogP) is -0.148. The molecule has 2 amide bonds. The van der Waals surface area contributed by atoms with E-state index >= 15 is 0 Å². The van der Waals surface area contributed by atoms with Crippen LogP contribution in [-0.2, 0) is 20.9 Å². The fraction of sp³-hybridized carbons (Fsp3) is 0.550. The van der Waals surface area contributed by atoms with Gasteiger partial charge in [0.2, 0.25) is 5.91 Å². The van der Waals surface area contributed by atoms with Crippen LogP contribution in [0.5, 0.6) is 0 Å². The molecule has 0 unspecified atom stereocenters. The maximum Gasteiger partial charge on any atom is 0.337 e. The number of carbonyl (C=O) groups is 3. The van der Waals surface area contributed by atoms with Gasteiger partial charge in [0.15, 0.2) is 0 Å². The molecular formula is C20H25N3O5. The molecule has 3 saturated heterocycles. The van der Waals surface area contributed by atoms with Crippen LogP contribution in [-0.4, -0.2) is 88.6 Å². The highest BCUT2D eigenvalue weighted by Gasteiger charge is 2.63. The van der Waals surface area contributed by atoms with Gasteiger partial charge in [0.1, 0.15) is 5.54 Å². The average Bonchev–Trinajstić information content (AvgIpc) is 3.06. The lowest BCUT2D eigenvalue weighted by molar-refractivity contribution is -0.180. The molecule has 4 rings (SSSR count). The Morgan fingerprint density at radius 1 is 1.25 bits per heavy atom. The van der Waals surface area contributed by atoms with Gasteiger partial charge in [0, 0.05) is 19.6 Å². The number of hydrogen-bond acceptors (Lipinski definition) is 7. The molecule has 1 aromatic carbocycles. The fourth-order valence-corrected chi connectivity index (χ4v) is 4.61. The summed E-state index contributed by atoms with van der Waals surface area (Å²) in [5, 5.41) is 10.1. The summed E-state index contributed by atoms with van der Waals surface area (Å²) in [5.41, 5.74) is 0.461. The number of benzene rings is 1. The molecule has 0 radical (unpaired) electrons. The smallest absolute Gasteiger partial charge is 0.337 e. The van der Waals surface area contributed by atoms with Gasteiger partial charge in [0.25, 0.3) is 5.91 Å². The monoisotopic (exact) mass is 387 g/mol. The highest BCUT2D eigenvalue weighted by atomic mass is 16.5. The predicted molar refractivity (Wildman–Crippen MR) is 99.3 cm³/mol. The first-order valence-electron chi connectivity index (χ1n) is 9.60. The number of hydrogen-bond donors (Lipinski definition) is 1. The summed E-state index contributed by atoms with van der Waals surface area (Å²) in [6.07, 6.45) is -0.230. The summed E-state index contributed by atoms with van der Waals surface area (Å²) in [7, 11) is 1.32. The Hall–Kier alpha value is -2.29. The third-order valence-corrected chi connectivity index (χ3v) is 6.16. The zero-order chi connectivity index (χ0) is 20.1. The van der Waals surface area contributed by atoms with E-state index in [4.69, 9.17) is 4.74 Å². The Balaban J connectivity index is 1.59. The van der Waals surface area contributed by atoms with E-state index in [2.05, 4.69) is 4.90 Å². The Morgan fingerprint density at radius 3 is 2.54 bits per heavy atom. The Labute approximate surface area is 163 Å². The summed E-state index contributed by atoms with van der Waals surface area (Å²) in [4.78, 5) is 43.4. The maximum atomic E-state index is 13.4. The summed E-state index contributed by atoms with van der Waals surface area (Å²) >= 11 is 0. The third kappa shape index (κ3) is 2.83. The van der Waals surface area contributed by atoms with Gasteiger partial charge in [-0.3, -0.25) is 24.3 Å². The molecular weight excluding hydrogens is 362 g/mol. The fourth-order valence-electron chi connectivity index (χ4n) is 4.61. The Kier molecular flexibility index (Phi) is 4.73. The van der Waals surface area contributed by atoms with Crippen LogP contribution < -0.4 is 0 Å². The number of ether oxygens (including phenoxy) is 1. The summed E-state index contributed by atoms with van der Waals surface area (Å²) in [6, 6.07) is 6.26. The molecule has 3 aliphatic heterocycles. The minimum atomic E-state index is -0.724. The second-order valence-electron chi connectivity index (χ2n) is 7.81. The van der Waals surface area contributed by atoms with Crippen molar-refractivity contribution < 1.29 is 24.2 Å². The molecule has 3 heterocycles. The number of fused-ring (bicyclic) bond motifs is 2. The van der Waals surface area contributed by atoms with Crippen LogP contribution in [0.1, 0.15) is 29.3 Å². The first-order valence-corrected chi connectivity index (χ1v) is 9.60. The number of likely N-dealkylation sites (N-methyl/N-ethyl adjacent to an activating group) is 1. The van der Waals surface area contributed by atoms with E-state index in [9.17, 15) is 19.5 Å². The highest BCUT2D eigenvalue weighted by Crippen LogP contribution is 2.40. The van der Waals surface area contributed by atoms with Gasteiger partial charge >= 0.3 is 5.97 Å². The van der Waals surface area contributed by atoms with Crippen molar-refractivity contribution >= 4 is 17.8 Å². The number of β-amino-alcohol motifs (C(OH)–C–C–N with tert-alkyl or cyclic N) is 1. The average molecular weight is 387 g/mol. The maximum absolute atomic E-state index is 13.4. The minimum Gasteiger partial charge on any atom is -0.465 e. The Bertz CT molecular complexity index is 803. The highest BCUT2D eigenvalue weighted by molar-refractivity contribution is 6.06. The van der Waals surface area contributed by atoms with Crippen LogP contribution >= 0.6 is 0 Å². The van der Waals surface area contributed by atoms with Crippen molar-refractivity contribution in [1.29, 1.82) is 0 Å². The van der Waals surface area contributed by atoms with Crippen molar-refractivity contribution in [2.24, 2.45) is 0 Å². The van der Waals surface area contributed by atoms with Crippen LogP contribution in [0.15, 0.2) is 24.3 Å². The Morgan fingerprint density at radius 2 is 1.93 bits per heavy atom. The van der Waals surface area contributed by atoms with Crippen LogP contribution in [0.3, 0.4) is 0 Å².